The molecule has 4 rings (SSSR count). The van der Waals surface area contributed by atoms with E-state index in [9.17, 15) is 8.42 Å². The molecule has 0 aliphatic rings. The third-order valence-corrected chi connectivity index (χ3v) is 5.44. The highest BCUT2D eigenvalue weighted by Gasteiger charge is 2.15. The zero-order valence-electron chi connectivity index (χ0n) is 13.3. The number of hydrogen-bond donors (Lipinski definition) is 2. The number of nitrogens with one attached hydrogen (secondary N) is 2. The van der Waals surface area contributed by atoms with Crippen molar-refractivity contribution in [2.24, 2.45) is 0 Å². The molecule has 2 heterocycles. The van der Waals surface area contributed by atoms with Crippen LogP contribution in [-0.4, -0.2) is 23.4 Å². The van der Waals surface area contributed by atoms with Crippen molar-refractivity contribution in [3.63, 3.8) is 0 Å². The van der Waals surface area contributed by atoms with Crippen LogP contribution in [0, 0.1) is 0 Å². The fraction of sp³-hybridized carbons (Fsp3) is 0. The van der Waals surface area contributed by atoms with E-state index in [4.69, 9.17) is 11.6 Å². The Morgan fingerprint density at radius 3 is 2.58 bits per heavy atom. The summed E-state index contributed by atoms with van der Waals surface area (Å²) in [6.45, 7) is 0. The Hall–Kier alpha value is -2.90. The Bertz CT molecular complexity index is 1170. The summed E-state index contributed by atoms with van der Waals surface area (Å²) in [4.78, 5) is 11.9. The van der Waals surface area contributed by atoms with Crippen LogP contribution in [0.2, 0.25) is 5.02 Å². The lowest BCUT2D eigenvalue weighted by molar-refractivity contribution is 0.601. The van der Waals surface area contributed by atoms with Gasteiger partial charge in [0.25, 0.3) is 10.0 Å². The van der Waals surface area contributed by atoms with Gasteiger partial charge in [-0.1, -0.05) is 11.6 Å². The number of rotatable bonds is 4. The molecule has 2 aromatic carbocycles. The van der Waals surface area contributed by atoms with Crippen LogP contribution in [0.4, 0.5) is 5.69 Å². The summed E-state index contributed by atoms with van der Waals surface area (Å²) in [6, 6.07) is 14.8. The van der Waals surface area contributed by atoms with Crippen LogP contribution in [0.3, 0.4) is 0 Å². The van der Waals surface area contributed by atoms with Gasteiger partial charge in [-0.2, -0.15) is 0 Å². The number of pyridine rings is 1. The molecule has 0 unspecified atom stereocenters. The number of fused-ring (bicyclic) bond motifs is 1. The Morgan fingerprint density at radius 2 is 1.85 bits per heavy atom. The summed E-state index contributed by atoms with van der Waals surface area (Å²) in [6.07, 6.45) is 3.40. The molecule has 0 radical (unpaired) electrons. The van der Waals surface area contributed by atoms with Gasteiger partial charge in [0.15, 0.2) is 0 Å². The molecule has 4 aromatic rings. The molecule has 6 nitrogen and oxygen atoms in total. The molecule has 130 valence electrons. The van der Waals surface area contributed by atoms with E-state index < -0.39 is 10.0 Å². The Kier molecular flexibility index (Phi) is 4.10. The van der Waals surface area contributed by atoms with Gasteiger partial charge in [0.1, 0.15) is 5.82 Å². The zero-order valence-corrected chi connectivity index (χ0v) is 14.9. The van der Waals surface area contributed by atoms with Crippen molar-refractivity contribution in [1.82, 2.24) is 15.0 Å². The van der Waals surface area contributed by atoms with Crippen molar-refractivity contribution in [3.8, 4) is 11.4 Å². The Morgan fingerprint density at radius 1 is 1.04 bits per heavy atom. The number of halogens is 1. The monoisotopic (exact) mass is 384 g/mol. The number of hydrogen-bond acceptors (Lipinski definition) is 4. The highest BCUT2D eigenvalue weighted by molar-refractivity contribution is 7.92. The van der Waals surface area contributed by atoms with Gasteiger partial charge in [-0.3, -0.25) is 9.71 Å². The van der Waals surface area contributed by atoms with E-state index in [1.54, 1.807) is 30.6 Å². The second-order valence-corrected chi connectivity index (χ2v) is 7.74. The van der Waals surface area contributed by atoms with Crippen LogP contribution in [0.5, 0.6) is 0 Å². The summed E-state index contributed by atoms with van der Waals surface area (Å²) in [5, 5.41) is 0.478. The zero-order chi connectivity index (χ0) is 18.1. The van der Waals surface area contributed by atoms with Gasteiger partial charge in [0, 0.05) is 23.0 Å². The standard InChI is InChI=1S/C18H13ClN4O2S/c19-13-3-6-15(7-4-13)26(24,25)23-14-5-8-16-17(10-14)22-18(21-16)12-2-1-9-20-11-12/h1-11,23H,(H,21,22). The number of nitrogens with zero attached hydrogens (tertiary/aromatic N) is 2. The SMILES string of the molecule is O=S(=O)(Nc1ccc2nc(-c3cccnc3)[nH]c2c1)c1ccc(Cl)cc1. The molecular formula is C18H13ClN4O2S. The van der Waals surface area contributed by atoms with Gasteiger partial charge in [0.2, 0.25) is 0 Å². The minimum absolute atomic E-state index is 0.141. The Labute approximate surface area is 154 Å². The summed E-state index contributed by atoms with van der Waals surface area (Å²) >= 11 is 5.81. The van der Waals surface area contributed by atoms with Crippen molar-refractivity contribution >= 4 is 38.3 Å². The lowest BCUT2D eigenvalue weighted by Gasteiger charge is -2.08. The first-order chi connectivity index (χ1) is 12.5. The average Bonchev–Trinajstić information content (AvgIpc) is 3.06. The van der Waals surface area contributed by atoms with Crippen molar-refractivity contribution in [3.05, 3.63) is 72.0 Å². The number of aromatic nitrogens is 3. The van der Waals surface area contributed by atoms with Gasteiger partial charge >= 0.3 is 0 Å². The van der Waals surface area contributed by atoms with Gasteiger partial charge in [0.05, 0.1) is 21.6 Å². The molecule has 0 aliphatic heterocycles. The summed E-state index contributed by atoms with van der Waals surface area (Å²) < 4.78 is 27.5. The molecule has 2 N–H and O–H groups in total. The molecule has 0 saturated heterocycles. The smallest absolute Gasteiger partial charge is 0.261 e. The lowest BCUT2D eigenvalue weighted by Crippen LogP contribution is -2.12. The molecule has 26 heavy (non-hydrogen) atoms. The van der Waals surface area contributed by atoms with Crippen molar-refractivity contribution < 1.29 is 8.42 Å². The maximum Gasteiger partial charge on any atom is 0.261 e. The molecule has 0 bridgehead atoms. The summed E-state index contributed by atoms with van der Waals surface area (Å²) in [5.41, 5.74) is 2.75. The predicted octanol–water partition coefficient (Wildman–Crippen LogP) is 4.08. The van der Waals surface area contributed by atoms with Crippen LogP contribution in [-0.2, 0) is 10.0 Å². The number of aromatic amines is 1. The van der Waals surface area contributed by atoms with E-state index in [1.165, 1.54) is 24.3 Å². The molecule has 0 amide bonds. The average molecular weight is 385 g/mol. The summed E-state index contributed by atoms with van der Waals surface area (Å²) in [5.74, 6) is 0.672. The predicted molar refractivity (Wildman–Crippen MR) is 102 cm³/mol. The lowest BCUT2D eigenvalue weighted by atomic mass is 10.3. The van der Waals surface area contributed by atoms with Crippen molar-refractivity contribution in [2.45, 2.75) is 4.90 Å². The second kappa shape index (κ2) is 6.44. The fourth-order valence-corrected chi connectivity index (χ4v) is 3.72. The summed E-state index contributed by atoms with van der Waals surface area (Å²) in [7, 11) is -3.70. The van der Waals surface area contributed by atoms with Crippen LogP contribution in [0.15, 0.2) is 71.9 Å². The molecule has 0 aliphatic carbocycles. The fourth-order valence-electron chi connectivity index (χ4n) is 2.54. The van der Waals surface area contributed by atoms with Crippen molar-refractivity contribution in [2.75, 3.05) is 4.72 Å². The number of anilines is 1. The minimum atomic E-state index is -3.70. The molecule has 8 heteroatoms. The number of imidazole rings is 1. The highest BCUT2D eigenvalue weighted by Crippen LogP contribution is 2.24. The quantitative estimate of drug-likeness (QED) is 0.555. The van der Waals surface area contributed by atoms with Crippen molar-refractivity contribution in [1.29, 1.82) is 0 Å². The third-order valence-electron chi connectivity index (χ3n) is 3.79. The Balaban J connectivity index is 1.66. The van der Waals surface area contributed by atoms with Crippen LogP contribution in [0.25, 0.3) is 22.4 Å². The number of sulfonamides is 1. The van der Waals surface area contributed by atoms with E-state index in [1.807, 2.05) is 12.1 Å². The highest BCUT2D eigenvalue weighted by atomic mass is 35.5. The second-order valence-electron chi connectivity index (χ2n) is 5.62. The van der Waals surface area contributed by atoms with E-state index >= 15 is 0 Å². The van der Waals surface area contributed by atoms with Gasteiger partial charge < -0.3 is 4.98 Å². The van der Waals surface area contributed by atoms with E-state index in [0.717, 1.165) is 16.6 Å². The van der Waals surface area contributed by atoms with Crippen LogP contribution >= 0.6 is 11.6 Å². The molecule has 0 fully saturated rings. The van der Waals surface area contributed by atoms with E-state index in [2.05, 4.69) is 19.7 Å². The maximum atomic E-state index is 12.5. The first kappa shape index (κ1) is 16.6. The maximum absolute atomic E-state index is 12.5. The van der Waals surface area contributed by atoms with Crippen LogP contribution < -0.4 is 4.72 Å². The molecule has 2 aromatic heterocycles. The first-order valence-electron chi connectivity index (χ1n) is 7.70. The first-order valence-corrected chi connectivity index (χ1v) is 9.56. The molecule has 0 spiro atoms. The number of benzene rings is 2. The number of H-pyrrole nitrogens is 1. The van der Waals surface area contributed by atoms with Gasteiger partial charge in [-0.15, -0.1) is 0 Å². The van der Waals surface area contributed by atoms with Gasteiger partial charge in [-0.05, 0) is 54.6 Å². The topological polar surface area (TPSA) is 87.7 Å². The largest absolute Gasteiger partial charge is 0.338 e. The third kappa shape index (κ3) is 3.26. The van der Waals surface area contributed by atoms with E-state index in [0.29, 0.717) is 16.5 Å². The molecule has 0 saturated carbocycles. The minimum Gasteiger partial charge on any atom is -0.338 e. The normalized spacial score (nSPS) is 11.6. The molecule has 0 atom stereocenters. The van der Waals surface area contributed by atoms with Crippen LogP contribution in [0.1, 0.15) is 0 Å². The van der Waals surface area contributed by atoms with Gasteiger partial charge in [-0.25, -0.2) is 13.4 Å². The molecular weight excluding hydrogens is 372 g/mol. The van der Waals surface area contributed by atoms with E-state index in [-0.39, 0.29) is 4.90 Å².